The third-order valence-electron chi connectivity index (χ3n) is 5.67. The molecule has 4 rings (SSSR count). The second kappa shape index (κ2) is 9.27. The number of nitrogens with one attached hydrogen (secondary N) is 1. The van der Waals surface area contributed by atoms with Gasteiger partial charge in [0, 0.05) is 17.7 Å². The van der Waals surface area contributed by atoms with Gasteiger partial charge in [-0.25, -0.2) is 13.4 Å². The molecule has 0 saturated heterocycles. The largest absolute Gasteiger partial charge is 0.493 e. The predicted octanol–water partition coefficient (Wildman–Crippen LogP) is 4.15. The van der Waals surface area contributed by atoms with Gasteiger partial charge in [-0.3, -0.25) is 9.52 Å². The van der Waals surface area contributed by atoms with Gasteiger partial charge in [0.2, 0.25) is 15.9 Å². The number of carbonyl (C=O) groups is 1. The van der Waals surface area contributed by atoms with Crippen molar-refractivity contribution in [3.8, 4) is 17.2 Å². The van der Waals surface area contributed by atoms with Crippen LogP contribution in [0.1, 0.15) is 41.3 Å². The summed E-state index contributed by atoms with van der Waals surface area (Å²) >= 11 is 0. The number of rotatable bonds is 9. The minimum absolute atomic E-state index is 0.0824. The van der Waals surface area contributed by atoms with E-state index in [1.807, 2.05) is 25.1 Å². The molecule has 0 bridgehead atoms. The Bertz CT molecular complexity index is 1260. The molecule has 8 nitrogen and oxygen atoms in total. The number of carboxylic acid groups (broad SMARTS) is 1. The van der Waals surface area contributed by atoms with Gasteiger partial charge in [-0.1, -0.05) is 6.07 Å². The van der Waals surface area contributed by atoms with Crippen molar-refractivity contribution >= 4 is 21.7 Å². The van der Waals surface area contributed by atoms with E-state index in [1.54, 1.807) is 24.3 Å². The minimum Gasteiger partial charge on any atom is -0.493 e. The number of hydrogen-bond donors (Lipinski definition) is 2. The fourth-order valence-corrected chi connectivity index (χ4v) is 4.70. The number of fused-ring (bicyclic) bond motifs is 1. The molecule has 0 aliphatic heterocycles. The van der Waals surface area contributed by atoms with Gasteiger partial charge in [-0.2, -0.15) is 0 Å². The molecule has 0 saturated carbocycles. The highest BCUT2D eigenvalue weighted by Crippen LogP contribution is 2.37. The molecule has 2 N–H and O–H groups in total. The van der Waals surface area contributed by atoms with Gasteiger partial charge in [0.25, 0.3) is 0 Å². The van der Waals surface area contributed by atoms with Crippen molar-refractivity contribution in [1.82, 2.24) is 4.98 Å². The molecule has 0 unspecified atom stereocenters. The fourth-order valence-electron chi connectivity index (χ4n) is 4.14. The van der Waals surface area contributed by atoms with E-state index in [4.69, 9.17) is 14.3 Å². The lowest BCUT2D eigenvalue weighted by Crippen LogP contribution is -2.09. The molecule has 33 heavy (non-hydrogen) atoms. The number of hydrogen-bond acceptors (Lipinski definition) is 6. The number of oxazole rings is 1. The van der Waals surface area contributed by atoms with Crippen molar-refractivity contribution in [2.24, 2.45) is 0 Å². The number of anilines is 1. The minimum atomic E-state index is -3.33. The molecule has 1 aliphatic rings. The first-order valence-corrected chi connectivity index (χ1v) is 12.6. The lowest BCUT2D eigenvalue weighted by Gasteiger charge is -2.10. The van der Waals surface area contributed by atoms with Gasteiger partial charge < -0.3 is 14.3 Å². The summed E-state index contributed by atoms with van der Waals surface area (Å²) in [5, 5.41) is 9.06. The maximum Gasteiger partial charge on any atom is 0.303 e. The maximum absolute atomic E-state index is 11.3. The Morgan fingerprint density at radius 1 is 1.24 bits per heavy atom. The van der Waals surface area contributed by atoms with Crippen molar-refractivity contribution < 1.29 is 27.5 Å². The van der Waals surface area contributed by atoms with Gasteiger partial charge in [0.1, 0.15) is 11.5 Å². The van der Waals surface area contributed by atoms with E-state index >= 15 is 0 Å². The summed E-state index contributed by atoms with van der Waals surface area (Å²) < 4.78 is 36.8. The monoisotopic (exact) mass is 470 g/mol. The van der Waals surface area contributed by atoms with Gasteiger partial charge >= 0.3 is 5.97 Å². The van der Waals surface area contributed by atoms with Crippen molar-refractivity contribution in [1.29, 1.82) is 0 Å². The normalized spacial score (nSPS) is 15.3. The van der Waals surface area contributed by atoms with Crippen molar-refractivity contribution in [2.45, 2.75) is 38.5 Å². The number of aryl methyl sites for hydroxylation is 2. The lowest BCUT2D eigenvalue weighted by atomic mass is 9.98. The Balaban J connectivity index is 1.36. The third-order valence-corrected chi connectivity index (χ3v) is 6.28. The Labute approximate surface area is 192 Å². The molecular formula is C24H26N2O6S. The van der Waals surface area contributed by atoms with Crippen molar-refractivity contribution in [3.05, 3.63) is 65.0 Å². The molecule has 1 heterocycles. The Hall–Kier alpha value is -3.33. The van der Waals surface area contributed by atoms with E-state index in [0.29, 0.717) is 30.4 Å². The van der Waals surface area contributed by atoms with Gasteiger partial charge in [-0.05, 0) is 73.2 Å². The Morgan fingerprint density at radius 2 is 2.00 bits per heavy atom. The Kier molecular flexibility index (Phi) is 6.42. The topological polar surface area (TPSA) is 119 Å². The number of nitrogens with zero attached hydrogens (tertiary/aromatic N) is 1. The number of aromatic nitrogens is 1. The predicted molar refractivity (Wildman–Crippen MR) is 124 cm³/mol. The summed E-state index contributed by atoms with van der Waals surface area (Å²) in [5.74, 6) is 1.25. The zero-order valence-corrected chi connectivity index (χ0v) is 19.3. The highest BCUT2D eigenvalue weighted by molar-refractivity contribution is 7.92. The van der Waals surface area contributed by atoms with Crippen LogP contribution in [0.2, 0.25) is 0 Å². The summed E-state index contributed by atoms with van der Waals surface area (Å²) in [5.41, 5.74) is 4.29. The molecule has 0 radical (unpaired) electrons. The molecule has 1 atom stereocenters. The van der Waals surface area contributed by atoms with Gasteiger partial charge in [-0.15, -0.1) is 0 Å². The standard InChI is InChI=1S/C24H26N2O6S/c1-15-22(25-24(32-15)16-5-7-19(8-6-16)26-33(2,29)30)11-12-31-20-9-10-21-17(13-20)3-4-18(21)14-23(27)28/h5-10,13,18,26H,3-4,11-12,14H2,1-2H3,(H,27,28)/t18-/m0/s1. The molecule has 3 aromatic rings. The van der Waals surface area contributed by atoms with Crippen molar-refractivity contribution in [3.63, 3.8) is 0 Å². The van der Waals surface area contributed by atoms with Crippen LogP contribution >= 0.6 is 0 Å². The molecule has 9 heteroatoms. The fraction of sp³-hybridized carbons (Fsp3) is 0.333. The Morgan fingerprint density at radius 3 is 2.70 bits per heavy atom. The average Bonchev–Trinajstić information content (AvgIpc) is 3.30. The smallest absolute Gasteiger partial charge is 0.303 e. The SMILES string of the molecule is Cc1oc(-c2ccc(NS(C)(=O)=O)cc2)nc1CCOc1ccc2c(c1)CC[C@H]2CC(=O)O. The summed E-state index contributed by atoms with van der Waals surface area (Å²) in [6.45, 7) is 2.28. The van der Waals surface area contributed by atoms with Crippen LogP contribution < -0.4 is 9.46 Å². The van der Waals surface area contributed by atoms with Crippen LogP contribution in [0.4, 0.5) is 5.69 Å². The van der Waals surface area contributed by atoms with Crippen LogP contribution in [0.3, 0.4) is 0 Å². The molecule has 174 valence electrons. The second-order valence-corrected chi connectivity index (χ2v) is 10.0. The zero-order valence-electron chi connectivity index (χ0n) is 18.5. The highest BCUT2D eigenvalue weighted by Gasteiger charge is 2.25. The molecular weight excluding hydrogens is 444 g/mol. The van der Waals surface area contributed by atoms with Crippen LogP contribution in [0.15, 0.2) is 46.9 Å². The maximum atomic E-state index is 11.3. The molecule has 0 amide bonds. The van der Waals surface area contributed by atoms with E-state index in [-0.39, 0.29) is 12.3 Å². The average molecular weight is 471 g/mol. The molecule has 1 aliphatic carbocycles. The first-order valence-electron chi connectivity index (χ1n) is 10.7. The third kappa shape index (κ3) is 5.73. The van der Waals surface area contributed by atoms with Crippen molar-refractivity contribution in [2.75, 3.05) is 17.6 Å². The number of carboxylic acids is 1. The van der Waals surface area contributed by atoms with Gasteiger partial charge in [0.05, 0.1) is 25.0 Å². The van der Waals surface area contributed by atoms with E-state index in [1.165, 1.54) is 0 Å². The first kappa shape index (κ1) is 22.8. The van der Waals surface area contributed by atoms with Gasteiger partial charge in [0.15, 0.2) is 0 Å². The highest BCUT2D eigenvalue weighted by atomic mass is 32.2. The van der Waals surface area contributed by atoms with Crippen LogP contribution in [0, 0.1) is 6.92 Å². The van der Waals surface area contributed by atoms with E-state index in [9.17, 15) is 13.2 Å². The summed E-state index contributed by atoms with van der Waals surface area (Å²) in [7, 11) is -3.33. The zero-order chi connectivity index (χ0) is 23.6. The number of ether oxygens (including phenoxy) is 1. The second-order valence-electron chi connectivity index (χ2n) is 8.27. The number of aliphatic carboxylic acids is 1. The summed E-state index contributed by atoms with van der Waals surface area (Å²) in [6, 6.07) is 12.7. The van der Waals surface area contributed by atoms with Crippen LogP contribution in [-0.2, 0) is 27.7 Å². The molecule has 0 spiro atoms. The number of benzene rings is 2. The van der Waals surface area contributed by atoms with Crippen LogP contribution in [0.25, 0.3) is 11.5 Å². The summed E-state index contributed by atoms with van der Waals surface area (Å²) in [4.78, 5) is 15.6. The van der Waals surface area contributed by atoms with Crippen LogP contribution in [-0.4, -0.2) is 37.3 Å². The van der Waals surface area contributed by atoms with E-state index in [2.05, 4.69) is 9.71 Å². The number of sulfonamides is 1. The molecule has 2 aromatic carbocycles. The molecule has 0 fully saturated rings. The van der Waals surface area contributed by atoms with E-state index < -0.39 is 16.0 Å². The van der Waals surface area contributed by atoms with E-state index in [0.717, 1.165) is 47.2 Å². The lowest BCUT2D eigenvalue weighted by molar-refractivity contribution is -0.137. The quantitative estimate of drug-likeness (QED) is 0.482. The molecule has 1 aromatic heterocycles. The first-order chi connectivity index (χ1) is 15.7. The van der Waals surface area contributed by atoms with Crippen LogP contribution in [0.5, 0.6) is 5.75 Å². The summed E-state index contributed by atoms with van der Waals surface area (Å²) in [6.07, 6.45) is 3.57.